The summed E-state index contributed by atoms with van der Waals surface area (Å²) in [5.74, 6) is 0. The molecule has 59 heavy (non-hydrogen) atoms. The number of hydrogen-bond donors (Lipinski definition) is 0. The van der Waals surface area contributed by atoms with Crippen LogP contribution in [-0.2, 0) is 22.9 Å². The van der Waals surface area contributed by atoms with Crippen molar-refractivity contribution < 1.29 is 47.7 Å². The van der Waals surface area contributed by atoms with Crippen LogP contribution in [0.3, 0.4) is 0 Å². The maximum atomic E-state index is 2.91. The van der Waals surface area contributed by atoms with Gasteiger partial charge in [-0.15, -0.1) is 0 Å². The van der Waals surface area contributed by atoms with Crippen LogP contribution in [0.15, 0.2) is 108 Å². The molecule has 4 aromatic carbocycles. The van der Waals surface area contributed by atoms with Gasteiger partial charge in [0, 0.05) is 0 Å². The van der Waals surface area contributed by atoms with Crippen molar-refractivity contribution in [2.24, 2.45) is 0 Å². The van der Waals surface area contributed by atoms with Gasteiger partial charge in [-0.05, 0) is 0 Å². The Morgan fingerprint density at radius 3 is 1.00 bits per heavy atom. The molecule has 0 aromatic heterocycles. The second kappa shape index (κ2) is 20.9. The monoisotopic (exact) mass is 1020 g/mol. The molecular weight excluding hydrogens is 960 g/mol. The summed E-state index contributed by atoms with van der Waals surface area (Å²) < 4.78 is 1.43. The smallest absolute Gasteiger partial charge is 1.00 e. The molecule has 6 aliphatic rings. The molecule has 4 saturated carbocycles. The molecule has 0 saturated heterocycles. The summed E-state index contributed by atoms with van der Waals surface area (Å²) in [6.07, 6.45) is 35.4. The first kappa shape index (κ1) is 44.3. The first-order chi connectivity index (χ1) is 28.3. The number of rotatable bonds is 10. The molecular formula is C54H64Cl2HfP2. The standard InChI is InChI=1S/2C27H32P.2ClH.Hf/c2*1-4-11-21(12-5-1)26-18-10-13-22-19-25(20-27(22)26)28(23-14-6-2-7-15-23)24-16-8-3-9-17-24;;;/h2*1,4-5,10-13,18-20,23-24H,2-3,6-9,14-17H2;2*1H;/q;;;;+2/p-2. The number of allylic oxidation sites excluding steroid dienone is 2. The fraction of sp³-hybridized carbons (Fsp3) is 0.481. The molecule has 0 aliphatic heterocycles. The van der Waals surface area contributed by atoms with Crippen molar-refractivity contribution in [3.05, 3.63) is 130 Å². The van der Waals surface area contributed by atoms with Gasteiger partial charge in [-0.2, -0.15) is 0 Å². The Labute approximate surface area is 383 Å². The summed E-state index contributed by atoms with van der Waals surface area (Å²) >= 11 is -1.45. The van der Waals surface area contributed by atoms with E-state index in [4.69, 9.17) is 0 Å². The largest absolute Gasteiger partial charge is 1.00 e. The summed E-state index contributed by atoms with van der Waals surface area (Å²) in [6.45, 7) is 0. The van der Waals surface area contributed by atoms with Crippen molar-refractivity contribution in [1.82, 2.24) is 0 Å². The van der Waals surface area contributed by atoms with Crippen LogP contribution >= 0.6 is 15.8 Å². The van der Waals surface area contributed by atoms with Crippen LogP contribution in [0.2, 0.25) is 0 Å². The van der Waals surface area contributed by atoms with Crippen LogP contribution in [0.4, 0.5) is 0 Å². The molecule has 4 aromatic rings. The van der Waals surface area contributed by atoms with Gasteiger partial charge in [0.05, 0.1) is 0 Å². The number of fused-ring (bicyclic) bond motifs is 2. The minimum atomic E-state index is -1.45. The second-order valence-electron chi connectivity index (χ2n) is 18.5. The van der Waals surface area contributed by atoms with Gasteiger partial charge in [0.2, 0.25) is 0 Å². The van der Waals surface area contributed by atoms with Crippen molar-refractivity contribution >= 4 is 28.0 Å². The number of hydrogen-bond acceptors (Lipinski definition) is 0. The van der Waals surface area contributed by atoms with Gasteiger partial charge in [-0.25, -0.2) is 0 Å². The van der Waals surface area contributed by atoms with E-state index in [9.17, 15) is 0 Å². The van der Waals surface area contributed by atoms with Crippen LogP contribution in [-0.4, -0.2) is 22.6 Å². The molecule has 0 radical (unpaired) electrons. The molecule has 0 bridgehead atoms. The topological polar surface area (TPSA) is 0 Å². The van der Waals surface area contributed by atoms with E-state index in [1.54, 1.807) is 22.3 Å². The molecule has 308 valence electrons. The van der Waals surface area contributed by atoms with Crippen molar-refractivity contribution in [3.63, 3.8) is 0 Å². The van der Waals surface area contributed by atoms with Gasteiger partial charge in [-0.1, -0.05) is 0 Å². The summed E-state index contributed by atoms with van der Waals surface area (Å²) in [6, 6.07) is 38.1. The third kappa shape index (κ3) is 9.34. The van der Waals surface area contributed by atoms with Crippen molar-refractivity contribution in [2.75, 3.05) is 0 Å². The summed E-state index contributed by atoms with van der Waals surface area (Å²) in [5.41, 5.74) is 16.4. The van der Waals surface area contributed by atoms with E-state index in [-0.39, 0.29) is 40.7 Å². The number of halogens is 2. The molecule has 0 heterocycles. The zero-order valence-electron chi connectivity index (χ0n) is 35.1. The minimum absolute atomic E-state index is 0. The minimum Gasteiger partial charge on any atom is -1.00 e. The predicted octanol–water partition coefficient (Wildman–Crippen LogP) is 10.9. The van der Waals surface area contributed by atoms with Crippen LogP contribution < -0.4 is 24.8 Å². The molecule has 2 atom stereocenters. The first-order valence-corrected chi connectivity index (χ1v) is 30.6. The normalized spacial score (nSPS) is 22.8. The van der Waals surface area contributed by atoms with Crippen molar-refractivity contribution in [3.8, 4) is 22.3 Å². The summed E-state index contributed by atoms with van der Waals surface area (Å²) in [7, 11) is -0.306. The fourth-order valence-electron chi connectivity index (χ4n) is 12.4. The molecule has 0 spiro atoms. The Morgan fingerprint density at radius 1 is 0.356 bits per heavy atom. The molecule has 6 aliphatic carbocycles. The average molecular weight is 1020 g/mol. The van der Waals surface area contributed by atoms with Gasteiger partial charge in [0.25, 0.3) is 0 Å². The zero-order chi connectivity index (χ0) is 38.0. The van der Waals surface area contributed by atoms with Crippen LogP contribution in [0.1, 0.15) is 158 Å². The van der Waals surface area contributed by atoms with Gasteiger partial charge in [-0.3, -0.25) is 0 Å². The third-order valence-corrected chi connectivity index (χ3v) is 30.8. The van der Waals surface area contributed by atoms with E-state index >= 15 is 0 Å². The SMILES string of the molecule is C1=C(P(C2CCCCC2)C2CCCCC2)[CH]([Hf+2][CH]2C(P(C3CCCCC3)C3CCCCC3)=Cc3c(-c4ccccc4)cccc32)c2cccc(-c3ccccc3)c21.[Cl-].[Cl-]. The Hall–Kier alpha value is -1.33. The fourth-order valence-corrected chi connectivity index (χ4v) is 30.9. The predicted molar refractivity (Wildman–Crippen MR) is 247 cm³/mol. The molecule has 10 rings (SSSR count). The molecule has 0 amide bonds. The Morgan fingerprint density at radius 2 is 0.678 bits per heavy atom. The second-order valence-corrected chi connectivity index (χ2v) is 29.4. The Kier molecular flexibility index (Phi) is 15.7. The van der Waals surface area contributed by atoms with E-state index in [2.05, 4.69) is 109 Å². The van der Waals surface area contributed by atoms with Crippen molar-refractivity contribution in [1.29, 1.82) is 0 Å². The zero-order valence-corrected chi connectivity index (χ0v) is 42.0. The van der Waals surface area contributed by atoms with Gasteiger partial charge in [0.15, 0.2) is 0 Å². The Bertz CT molecular complexity index is 1850. The Balaban J connectivity index is 0.00000242. The van der Waals surface area contributed by atoms with E-state index in [0.717, 1.165) is 22.6 Å². The summed E-state index contributed by atoms with van der Waals surface area (Å²) in [5, 5.41) is 4.02. The van der Waals surface area contributed by atoms with Gasteiger partial charge >= 0.3 is 362 Å². The maximum Gasteiger partial charge on any atom is -1.00 e. The van der Waals surface area contributed by atoms with E-state index in [0.29, 0.717) is 7.35 Å². The van der Waals surface area contributed by atoms with E-state index in [1.165, 1.54) is 151 Å². The van der Waals surface area contributed by atoms with Crippen molar-refractivity contribution in [2.45, 2.75) is 158 Å². The maximum absolute atomic E-state index is 2.91. The molecule has 2 unspecified atom stereocenters. The third-order valence-electron chi connectivity index (χ3n) is 15.0. The van der Waals surface area contributed by atoms with Gasteiger partial charge in [0.1, 0.15) is 0 Å². The molecule has 5 heteroatoms. The van der Waals surface area contributed by atoms with Gasteiger partial charge < -0.3 is 24.8 Å². The molecule has 0 N–H and O–H groups in total. The molecule has 0 nitrogen and oxygen atoms in total. The quantitative estimate of drug-likeness (QED) is 0.110. The molecule has 4 fully saturated rings. The van der Waals surface area contributed by atoms with Crippen LogP contribution in [0.25, 0.3) is 34.4 Å². The summed E-state index contributed by atoms with van der Waals surface area (Å²) in [4.78, 5) is 0. The van der Waals surface area contributed by atoms with Crippen LogP contribution in [0.5, 0.6) is 0 Å². The number of benzene rings is 4. The van der Waals surface area contributed by atoms with Crippen LogP contribution in [0, 0.1) is 0 Å². The first-order valence-electron chi connectivity index (χ1n) is 23.4. The van der Waals surface area contributed by atoms with E-state index < -0.39 is 22.9 Å². The van der Waals surface area contributed by atoms with E-state index in [1.807, 2.05) is 10.6 Å². The average Bonchev–Trinajstić information content (AvgIpc) is 3.84.